The molecule has 72 valence electrons. The molecule has 1 rings (SSSR count). The molecule has 4 heteroatoms. The van der Waals surface area contributed by atoms with E-state index in [0.717, 1.165) is 0 Å². The SMILES string of the molecule is C[C@H](O)[C@@H](N)c1cccc(F)c1Br. The Hall–Kier alpha value is -0.450. The van der Waals surface area contributed by atoms with Gasteiger partial charge in [0.2, 0.25) is 0 Å². The molecule has 2 atom stereocenters. The van der Waals surface area contributed by atoms with Crippen LogP contribution in [0.25, 0.3) is 0 Å². The minimum absolute atomic E-state index is 0.323. The fourth-order valence-corrected chi connectivity index (χ4v) is 1.57. The van der Waals surface area contributed by atoms with Gasteiger partial charge in [0.25, 0.3) is 0 Å². The first-order chi connectivity index (χ1) is 6.04. The lowest BCUT2D eigenvalue weighted by Gasteiger charge is -2.16. The van der Waals surface area contributed by atoms with Gasteiger partial charge in [0.05, 0.1) is 16.6 Å². The van der Waals surface area contributed by atoms with E-state index in [0.29, 0.717) is 10.0 Å². The summed E-state index contributed by atoms with van der Waals surface area (Å²) in [4.78, 5) is 0. The minimum Gasteiger partial charge on any atom is -0.391 e. The summed E-state index contributed by atoms with van der Waals surface area (Å²) < 4.78 is 13.3. The average Bonchev–Trinajstić information content (AvgIpc) is 2.08. The molecule has 0 unspecified atom stereocenters. The smallest absolute Gasteiger partial charge is 0.137 e. The predicted octanol–water partition coefficient (Wildman–Crippen LogP) is 1.97. The number of hydrogen-bond donors (Lipinski definition) is 2. The zero-order valence-corrected chi connectivity index (χ0v) is 8.75. The summed E-state index contributed by atoms with van der Waals surface area (Å²) in [7, 11) is 0. The Kier molecular flexibility index (Phi) is 3.41. The Morgan fingerprint density at radius 3 is 2.69 bits per heavy atom. The van der Waals surface area contributed by atoms with Crippen LogP contribution in [0.15, 0.2) is 22.7 Å². The van der Waals surface area contributed by atoms with Gasteiger partial charge in [0.15, 0.2) is 0 Å². The summed E-state index contributed by atoms with van der Waals surface area (Å²) >= 11 is 3.08. The van der Waals surface area contributed by atoms with Gasteiger partial charge in [-0.15, -0.1) is 0 Å². The van der Waals surface area contributed by atoms with Crippen LogP contribution in [-0.2, 0) is 0 Å². The Morgan fingerprint density at radius 2 is 2.15 bits per heavy atom. The lowest BCUT2D eigenvalue weighted by molar-refractivity contribution is 0.164. The topological polar surface area (TPSA) is 46.2 Å². The van der Waals surface area contributed by atoms with Gasteiger partial charge in [-0.2, -0.15) is 0 Å². The van der Waals surface area contributed by atoms with E-state index in [9.17, 15) is 9.50 Å². The number of nitrogens with two attached hydrogens (primary N) is 1. The van der Waals surface area contributed by atoms with Crippen LogP contribution in [0.1, 0.15) is 18.5 Å². The average molecular weight is 248 g/mol. The van der Waals surface area contributed by atoms with Crippen LogP contribution < -0.4 is 5.73 Å². The fraction of sp³-hybridized carbons (Fsp3) is 0.333. The first-order valence-electron chi connectivity index (χ1n) is 3.91. The highest BCUT2D eigenvalue weighted by Gasteiger charge is 2.16. The van der Waals surface area contributed by atoms with E-state index in [1.54, 1.807) is 19.1 Å². The van der Waals surface area contributed by atoms with Crippen LogP contribution >= 0.6 is 15.9 Å². The van der Waals surface area contributed by atoms with Crippen LogP contribution in [0.2, 0.25) is 0 Å². The van der Waals surface area contributed by atoms with Crippen LogP contribution in [0.4, 0.5) is 4.39 Å². The van der Waals surface area contributed by atoms with E-state index in [-0.39, 0.29) is 5.82 Å². The van der Waals surface area contributed by atoms with Gasteiger partial charge in [-0.3, -0.25) is 0 Å². The van der Waals surface area contributed by atoms with Crippen LogP contribution in [0.3, 0.4) is 0 Å². The molecular weight excluding hydrogens is 237 g/mol. The summed E-state index contributed by atoms with van der Waals surface area (Å²) in [6, 6.07) is 4.02. The third kappa shape index (κ3) is 2.27. The molecule has 1 aromatic rings. The molecule has 0 saturated carbocycles. The molecule has 0 bridgehead atoms. The Labute approximate surface area is 84.7 Å². The number of benzene rings is 1. The van der Waals surface area contributed by atoms with E-state index in [4.69, 9.17) is 5.73 Å². The van der Waals surface area contributed by atoms with Crippen molar-refractivity contribution in [2.75, 3.05) is 0 Å². The van der Waals surface area contributed by atoms with Crippen LogP contribution in [0, 0.1) is 5.82 Å². The first-order valence-corrected chi connectivity index (χ1v) is 4.71. The number of aliphatic hydroxyl groups is 1. The zero-order chi connectivity index (χ0) is 10.0. The maximum atomic E-state index is 13.0. The number of halogens is 2. The molecule has 0 saturated heterocycles. The van der Waals surface area contributed by atoms with E-state index < -0.39 is 12.1 Å². The van der Waals surface area contributed by atoms with Crippen molar-refractivity contribution in [1.82, 2.24) is 0 Å². The first kappa shape index (κ1) is 10.6. The molecule has 0 aliphatic carbocycles. The van der Waals surface area contributed by atoms with Crippen molar-refractivity contribution in [1.29, 1.82) is 0 Å². The third-order valence-corrected chi connectivity index (χ3v) is 2.70. The summed E-state index contributed by atoms with van der Waals surface area (Å²) in [6.07, 6.45) is -0.696. The van der Waals surface area contributed by atoms with Crippen molar-refractivity contribution in [3.63, 3.8) is 0 Å². The van der Waals surface area contributed by atoms with Crippen molar-refractivity contribution in [3.8, 4) is 0 Å². The monoisotopic (exact) mass is 247 g/mol. The Bertz CT molecular complexity index is 304. The van der Waals surface area contributed by atoms with E-state index >= 15 is 0 Å². The van der Waals surface area contributed by atoms with Gasteiger partial charge in [-0.1, -0.05) is 12.1 Å². The van der Waals surface area contributed by atoms with Gasteiger partial charge in [-0.25, -0.2) is 4.39 Å². The molecule has 0 fully saturated rings. The van der Waals surface area contributed by atoms with E-state index in [1.165, 1.54) is 6.07 Å². The molecule has 1 aromatic carbocycles. The van der Waals surface area contributed by atoms with E-state index in [1.807, 2.05) is 0 Å². The summed E-state index contributed by atoms with van der Waals surface area (Å²) in [5.41, 5.74) is 6.24. The van der Waals surface area contributed by atoms with Crippen molar-refractivity contribution in [2.45, 2.75) is 19.1 Å². The van der Waals surface area contributed by atoms with Gasteiger partial charge in [-0.05, 0) is 34.5 Å². The molecule has 0 heterocycles. The third-order valence-electron chi connectivity index (χ3n) is 1.86. The quantitative estimate of drug-likeness (QED) is 0.840. The highest BCUT2D eigenvalue weighted by Crippen LogP contribution is 2.26. The number of rotatable bonds is 2. The molecule has 0 spiro atoms. The summed E-state index contributed by atoms with van der Waals surface area (Å²) in [6.45, 7) is 1.57. The van der Waals surface area contributed by atoms with Gasteiger partial charge < -0.3 is 10.8 Å². The maximum absolute atomic E-state index is 13.0. The molecule has 0 amide bonds. The summed E-state index contributed by atoms with van der Waals surface area (Å²) in [5, 5.41) is 9.22. The molecule has 0 radical (unpaired) electrons. The largest absolute Gasteiger partial charge is 0.391 e. The molecule has 0 aliphatic rings. The molecule has 0 aromatic heterocycles. The lowest BCUT2D eigenvalue weighted by atomic mass is 10.0. The van der Waals surface area contributed by atoms with Crippen molar-refractivity contribution >= 4 is 15.9 Å². The van der Waals surface area contributed by atoms with Gasteiger partial charge in [0.1, 0.15) is 5.82 Å². The van der Waals surface area contributed by atoms with Crippen molar-refractivity contribution < 1.29 is 9.50 Å². The van der Waals surface area contributed by atoms with Gasteiger partial charge >= 0.3 is 0 Å². The minimum atomic E-state index is -0.696. The molecule has 2 nitrogen and oxygen atoms in total. The number of hydrogen-bond acceptors (Lipinski definition) is 2. The lowest BCUT2D eigenvalue weighted by Crippen LogP contribution is -2.23. The highest BCUT2D eigenvalue weighted by atomic mass is 79.9. The standard InChI is InChI=1S/C9H11BrFNO/c1-5(13)9(12)6-3-2-4-7(11)8(6)10/h2-5,9,13H,12H2,1H3/t5-,9+/m0/s1. The highest BCUT2D eigenvalue weighted by molar-refractivity contribution is 9.10. The molecule has 3 N–H and O–H groups in total. The van der Waals surface area contributed by atoms with Crippen LogP contribution in [-0.4, -0.2) is 11.2 Å². The Balaban J connectivity index is 3.07. The second kappa shape index (κ2) is 4.17. The summed E-state index contributed by atoms with van der Waals surface area (Å²) in [5.74, 6) is -0.367. The van der Waals surface area contributed by atoms with E-state index in [2.05, 4.69) is 15.9 Å². The molecule has 13 heavy (non-hydrogen) atoms. The fourth-order valence-electron chi connectivity index (χ4n) is 1.04. The maximum Gasteiger partial charge on any atom is 0.137 e. The second-order valence-electron chi connectivity index (χ2n) is 2.91. The number of aliphatic hydroxyl groups excluding tert-OH is 1. The normalized spacial score (nSPS) is 15.5. The van der Waals surface area contributed by atoms with Crippen molar-refractivity contribution in [2.24, 2.45) is 5.73 Å². The zero-order valence-electron chi connectivity index (χ0n) is 7.17. The molecule has 0 aliphatic heterocycles. The molecular formula is C9H11BrFNO. The predicted molar refractivity (Wildman–Crippen MR) is 52.7 cm³/mol. The van der Waals surface area contributed by atoms with Crippen LogP contribution in [0.5, 0.6) is 0 Å². The van der Waals surface area contributed by atoms with Crippen molar-refractivity contribution in [3.05, 3.63) is 34.1 Å². The van der Waals surface area contributed by atoms with Gasteiger partial charge in [0, 0.05) is 0 Å². The Morgan fingerprint density at radius 1 is 1.54 bits per heavy atom. The second-order valence-corrected chi connectivity index (χ2v) is 3.70.